The second kappa shape index (κ2) is 9.27. The molecule has 150 valence electrons. The van der Waals surface area contributed by atoms with Crippen molar-refractivity contribution >= 4 is 21.9 Å². The van der Waals surface area contributed by atoms with Gasteiger partial charge in [-0.05, 0) is 43.0 Å². The van der Waals surface area contributed by atoms with Gasteiger partial charge in [0.15, 0.2) is 6.61 Å². The van der Waals surface area contributed by atoms with E-state index >= 15 is 0 Å². The molecule has 2 unspecified atom stereocenters. The lowest BCUT2D eigenvalue weighted by molar-refractivity contribution is -0.148. The van der Waals surface area contributed by atoms with Gasteiger partial charge in [-0.3, -0.25) is 9.59 Å². The Morgan fingerprint density at radius 3 is 2.48 bits per heavy atom. The summed E-state index contributed by atoms with van der Waals surface area (Å²) in [5.74, 6) is -1.42. The number of esters is 1. The predicted molar refractivity (Wildman–Crippen MR) is 96.7 cm³/mol. The van der Waals surface area contributed by atoms with Crippen molar-refractivity contribution < 1.29 is 27.1 Å². The monoisotopic (exact) mass is 400 g/mol. The summed E-state index contributed by atoms with van der Waals surface area (Å²) in [7, 11) is -2.74. The third kappa shape index (κ3) is 6.00. The van der Waals surface area contributed by atoms with Crippen LogP contribution in [0.1, 0.15) is 32.6 Å². The fourth-order valence-electron chi connectivity index (χ4n) is 3.02. The quantitative estimate of drug-likeness (QED) is 0.703. The van der Waals surface area contributed by atoms with Crippen LogP contribution >= 0.6 is 0 Å². The fourth-order valence-corrected chi connectivity index (χ4v) is 4.14. The Kier molecular flexibility index (Phi) is 7.32. The first-order chi connectivity index (χ1) is 12.7. The van der Waals surface area contributed by atoms with Crippen LogP contribution in [-0.4, -0.2) is 50.8 Å². The molecule has 0 spiro atoms. The minimum absolute atomic E-state index is 0.0754. The molecule has 1 aliphatic rings. The lowest BCUT2D eigenvalue weighted by atomic mass is 9.86. The summed E-state index contributed by atoms with van der Waals surface area (Å²) in [4.78, 5) is 23.7. The van der Waals surface area contributed by atoms with E-state index in [1.54, 1.807) is 0 Å². The lowest BCUT2D eigenvalue weighted by Crippen LogP contribution is -2.43. The van der Waals surface area contributed by atoms with Crippen LogP contribution in [0.3, 0.4) is 0 Å². The van der Waals surface area contributed by atoms with E-state index in [-0.39, 0.29) is 10.9 Å². The van der Waals surface area contributed by atoms with Gasteiger partial charge in [-0.15, -0.1) is 0 Å². The molecule has 1 fully saturated rings. The summed E-state index contributed by atoms with van der Waals surface area (Å²) in [5.41, 5.74) is 0. The van der Waals surface area contributed by atoms with Crippen LogP contribution in [0.15, 0.2) is 29.2 Å². The zero-order valence-corrected chi connectivity index (χ0v) is 16.3. The Balaban J connectivity index is 1.82. The minimum Gasteiger partial charge on any atom is -0.455 e. The molecule has 1 saturated carbocycles. The van der Waals surface area contributed by atoms with Crippen LogP contribution in [0.5, 0.6) is 0 Å². The standard InChI is InChI=1S/C18H25FN2O5S/c1-13-5-3-4-6-16(13)20-17(22)12-26-18(23)11-21(2)27(24,25)15-9-7-14(19)8-10-15/h7-10,13,16H,3-6,11-12H2,1-2H3,(H,20,22). The number of likely N-dealkylation sites (N-methyl/N-ethyl adjacent to an activating group) is 1. The van der Waals surface area contributed by atoms with Crippen LogP contribution in [0.25, 0.3) is 0 Å². The molecule has 7 nitrogen and oxygen atoms in total. The molecule has 0 aromatic heterocycles. The number of nitrogens with zero attached hydrogens (tertiary/aromatic N) is 1. The molecule has 0 aliphatic heterocycles. The van der Waals surface area contributed by atoms with E-state index in [4.69, 9.17) is 4.74 Å². The number of carbonyl (C=O) groups is 2. The van der Waals surface area contributed by atoms with Gasteiger partial charge in [-0.25, -0.2) is 12.8 Å². The predicted octanol–water partition coefficient (Wildman–Crippen LogP) is 1.68. The molecule has 1 aromatic carbocycles. The van der Waals surface area contributed by atoms with Crippen molar-refractivity contribution in [2.45, 2.75) is 43.5 Å². The molecule has 1 aliphatic carbocycles. The minimum atomic E-state index is -3.95. The molecule has 0 bridgehead atoms. The van der Waals surface area contributed by atoms with Crippen molar-refractivity contribution in [1.29, 1.82) is 0 Å². The maximum absolute atomic E-state index is 12.9. The Morgan fingerprint density at radius 1 is 1.22 bits per heavy atom. The number of amides is 1. The number of benzene rings is 1. The van der Waals surface area contributed by atoms with E-state index in [1.165, 1.54) is 7.05 Å². The van der Waals surface area contributed by atoms with Gasteiger partial charge in [-0.1, -0.05) is 19.8 Å². The molecule has 0 saturated heterocycles. The molecule has 27 heavy (non-hydrogen) atoms. The molecule has 2 rings (SSSR count). The summed E-state index contributed by atoms with van der Waals surface area (Å²) in [6.07, 6.45) is 4.16. The first-order valence-electron chi connectivity index (χ1n) is 8.87. The number of rotatable bonds is 7. The van der Waals surface area contributed by atoms with E-state index in [2.05, 4.69) is 12.2 Å². The van der Waals surface area contributed by atoms with Crippen LogP contribution in [0.2, 0.25) is 0 Å². The Hall–Kier alpha value is -2.00. The maximum Gasteiger partial charge on any atom is 0.321 e. The number of hydrogen-bond donors (Lipinski definition) is 1. The van der Waals surface area contributed by atoms with E-state index in [0.717, 1.165) is 54.3 Å². The number of ether oxygens (including phenoxy) is 1. The molecule has 0 heterocycles. The van der Waals surface area contributed by atoms with Crippen molar-refractivity contribution in [3.05, 3.63) is 30.1 Å². The van der Waals surface area contributed by atoms with Crippen molar-refractivity contribution in [2.75, 3.05) is 20.2 Å². The molecule has 9 heteroatoms. The molecule has 2 atom stereocenters. The number of halogens is 1. The van der Waals surface area contributed by atoms with Gasteiger partial charge in [0.1, 0.15) is 12.4 Å². The Morgan fingerprint density at radius 2 is 1.85 bits per heavy atom. The number of carbonyl (C=O) groups excluding carboxylic acids is 2. The van der Waals surface area contributed by atoms with Crippen LogP contribution in [0.4, 0.5) is 4.39 Å². The van der Waals surface area contributed by atoms with E-state index in [0.29, 0.717) is 5.92 Å². The first kappa shape index (κ1) is 21.3. The molecule has 1 amide bonds. The van der Waals surface area contributed by atoms with Crippen molar-refractivity contribution in [3.8, 4) is 0 Å². The summed E-state index contributed by atoms with van der Waals surface area (Å²) < 4.78 is 43.3. The highest BCUT2D eigenvalue weighted by Crippen LogP contribution is 2.23. The third-order valence-electron chi connectivity index (χ3n) is 4.70. The highest BCUT2D eigenvalue weighted by atomic mass is 32.2. The number of nitrogens with one attached hydrogen (secondary N) is 1. The van der Waals surface area contributed by atoms with Crippen molar-refractivity contribution in [3.63, 3.8) is 0 Å². The number of hydrogen-bond acceptors (Lipinski definition) is 5. The summed E-state index contributed by atoms with van der Waals surface area (Å²) in [5, 5.41) is 2.86. The number of sulfonamides is 1. The molecule has 0 radical (unpaired) electrons. The van der Waals surface area contributed by atoms with Crippen molar-refractivity contribution in [2.24, 2.45) is 5.92 Å². The molecule has 1 N–H and O–H groups in total. The average Bonchev–Trinajstić information content (AvgIpc) is 2.62. The summed E-state index contributed by atoms with van der Waals surface area (Å²) in [6.45, 7) is 1.07. The van der Waals surface area contributed by atoms with Crippen LogP contribution in [-0.2, 0) is 24.3 Å². The highest BCUT2D eigenvalue weighted by molar-refractivity contribution is 7.89. The lowest BCUT2D eigenvalue weighted by Gasteiger charge is -2.29. The molecular formula is C18H25FN2O5S. The Labute approximate surface area is 158 Å². The molecule has 1 aromatic rings. The smallest absolute Gasteiger partial charge is 0.321 e. The maximum atomic E-state index is 12.9. The van der Waals surface area contributed by atoms with Crippen molar-refractivity contribution in [1.82, 2.24) is 9.62 Å². The van der Waals surface area contributed by atoms with Gasteiger partial charge in [0, 0.05) is 13.1 Å². The second-order valence-electron chi connectivity index (χ2n) is 6.81. The Bertz CT molecular complexity index is 766. The van der Waals surface area contributed by atoms with Gasteiger partial charge in [-0.2, -0.15) is 4.31 Å². The van der Waals surface area contributed by atoms with E-state index in [9.17, 15) is 22.4 Å². The third-order valence-corrected chi connectivity index (χ3v) is 6.51. The SMILES string of the molecule is CC1CCCCC1NC(=O)COC(=O)CN(C)S(=O)(=O)c1ccc(F)cc1. The summed E-state index contributed by atoms with van der Waals surface area (Å²) in [6, 6.07) is 4.36. The molecular weight excluding hydrogens is 375 g/mol. The van der Waals surface area contributed by atoms with Crippen LogP contribution < -0.4 is 5.32 Å². The largest absolute Gasteiger partial charge is 0.455 e. The zero-order valence-electron chi connectivity index (χ0n) is 15.5. The van der Waals surface area contributed by atoms with Gasteiger partial charge in [0.05, 0.1) is 4.90 Å². The average molecular weight is 400 g/mol. The fraction of sp³-hybridized carbons (Fsp3) is 0.556. The van der Waals surface area contributed by atoms with Gasteiger partial charge < -0.3 is 10.1 Å². The van der Waals surface area contributed by atoms with Gasteiger partial charge >= 0.3 is 5.97 Å². The second-order valence-corrected chi connectivity index (χ2v) is 8.86. The van der Waals surface area contributed by atoms with Gasteiger partial charge in [0.2, 0.25) is 10.0 Å². The van der Waals surface area contributed by atoms with E-state index in [1.807, 2.05) is 0 Å². The summed E-state index contributed by atoms with van der Waals surface area (Å²) >= 11 is 0. The topological polar surface area (TPSA) is 92.8 Å². The zero-order chi connectivity index (χ0) is 20.0. The normalized spacial score (nSPS) is 20.3. The van der Waals surface area contributed by atoms with Gasteiger partial charge in [0.25, 0.3) is 5.91 Å². The first-order valence-corrected chi connectivity index (χ1v) is 10.3. The highest BCUT2D eigenvalue weighted by Gasteiger charge is 2.25. The van der Waals surface area contributed by atoms with E-state index < -0.39 is 40.9 Å². The van der Waals surface area contributed by atoms with Crippen LogP contribution in [0, 0.1) is 11.7 Å².